The molecule has 17 heavy (non-hydrogen) atoms. The minimum absolute atomic E-state index is 0.00131. The Labute approximate surface area is 102 Å². The van der Waals surface area contributed by atoms with Crippen LogP contribution in [0.4, 0.5) is 0 Å². The minimum Gasteiger partial charge on any atom is -0.333 e. The Bertz CT molecular complexity index is 302. The summed E-state index contributed by atoms with van der Waals surface area (Å²) in [6, 6.07) is 0. The Morgan fingerprint density at radius 2 is 2.06 bits per heavy atom. The fraction of sp³-hybridized carbons (Fsp3) is 0.750. The molecule has 1 N–H and O–H groups in total. The van der Waals surface area contributed by atoms with Gasteiger partial charge in [0.05, 0.1) is 6.54 Å². The second kappa shape index (κ2) is 7.04. The monoisotopic (exact) mass is 240 g/mol. The molecule has 5 heteroatoms. The number of nitrogens with zero attached hydrogens (tertiary/aromatic N) is 1. The molecule has 1 rings (SSSR count). The van der Waals surface area contributed by atoms with Crippen LogP contribution in [0.2, 0.25) is 0 Å². The summed E-state index contributed by atoms with van der Waals surface area (Å²) in [6.07, 6.45) is 4.54. The van der Waals surface area contributed by atoms with Gasteiger partial charge in [0.1, 0.15) is 0 Å². The highest BCUT2D eigenvalue weighted by Crippen LogP contribution is 2.08. The van der Waals surface area contributed by atoms with Crippen LogP contribution in [-0.2, 0) is 14.4 Å². The molecule has 3 amide bonds. The first kappa shape index (κ1) is 13.7. The van der Waals surface area contributed by atoms with E-state index in [2.05, 4.69) is 12.2 Å². The highest BCUT2D eigenvalue weighted by Gasteiger charge is 2.22. The SMILES string of the molecule is CCCCCC(=O)NC(=O)CN1CCCC1=O. The van der Waals surface area contributed by atoms with Gasteiger partial charge in [0.15, 0.2) is 0 Å². The van der Waals surface area contributed by atoms with Gasteiger partial charge in [-0.05, 0) is 12.8 Å². The van der Waals surface area contributed by atoms with Crippen molar-refractivity contribution in [1.29, 1.82) is 0 Å². The predicted molar refractivity (Wildman–Crippen MR) is 63.1 cm³/mol. The van der Waals surface area contributed by atoms with E-state index < -0.39 is 0 Å². The van der Waals surface area contributed by atoms with E-state index in [9.17, 15) is 14.4 Å². The van der Waals surface area contributed by atoms with Crippen molar-refractivity contribution in [2.45, 2.75) is 45.4 Å². The summed E-state index contributed by atoms with van der Waals surface area (Å²) in [7, 11) is 0. The van der Waals surface area contributed by atoms with Crippen molar-refractivity contribution in [2.24, 2.45) is 0 Å². The van der Waals surface area contributed by atoms with Crippen LogP contribution in [0, 0.1) is 0 Å². The first-order valence-electron chi connectivity index (χ1n) is 6.24. The first-order valence-corrected chi connectivity index (χ1v) is 6.24. The highest BCUT2D eigenvalue weighted by atomic mass is 16.2. The number of hydrogen-bond donors (Lipinski definition) is 1. The van der Waals surface area contributed by atoms with Crippen molar-refractivity contribution in [3.63, 3.8) is 0 Å². The summed E-state index contributed by atoms with van der Waals surface area (Å²) in [6.45, 7) is 2.69. The number of nitrogens with one attached hydrogen (secondary N) is 1. The van der Waals surface area contributed by atoms with Gasteiger partial charge in [0.2, 0.25) is 17.7 Å². The maximum Gasteiger partial charge on any atom is 0.246 e. The molecule has 0 unspecified atom stereocenters. The Kier molecular flexibility index (Phi) is 5.66. The third-order valence-corrected chi connectivity index (χ3v) is 2.79. The largest absolute Gasteiger partial charge is 0.333 e. The number of carbonyl (C=O) groups excluding carboxylic acids is 3. The molecule has 1 aliphatic rings. The molecule has 0 aromatic carbocycles. The minimum atomic E-state index is -0.373. The molecule has 1 heterocycles. The molecule has 5 nitrogen and oxygen atoms in total. The molecule has 0 bridgehead atoms. The molecule has 0 aromatic heterocycles. The fourth-order valence-electron chi connectivity index (χ4n) is 1.84. The summed E-state index contributed by atoms with van der Waals surface area (Å²) < 4.78 is 0. The lowest BCUT2D eigenvalue weighted by atomic mass is 10.2. The van der Waals surface area contributed by atoms with Gasteiger partial charge in [-0.25, -0.2) is 0 Å². The van der Waals surface area contributed by atoms with Crippen LogP contribution in [0.3, 0.4) is 0 Å². The van der Waals surface area contributed by atoms with Gasteiger partial charge < -0.3 is 4.90 Å². The topological polar surface area (TPSA) is 66.5 Å². The molecular formula is C12H20N2O3. The van der Waals surface area contributed by atoms with Gasteiger partial charge in [-0.1, -0.05) is 19.8 Å². The molecular weight excluding hydrogens is 220 g/mol. The fourth-order valence-corrected chi connectivity index (χ4v) is 1.84. The predicted octanol–water partition coefficient (Wildman–Crippen LogP) is 0.832. The van der Waals surface area contributed by atoms with E-state index in [0.717, 1.165) is 25.7 Å². The first-order chi connectivity index (χ1) is 8.13. The van der Waals surface area contributed by atoms with Crippen LogP contribution in [0.5, 0.6) is 0 Å². The summed E-state index contributed by atoms with van der Waals surface area (Å²) in [5.41, 5.74) is 0. The summed E-state index contributed by atoms with van der Waals surface area (Å²) in [4.78, 5) is 35.6. The van der Waals surface area contributed by atoms with E-state index in [1.807, 2.05) is 0 Å². The van der Waals surface area contributed by atoms with Crippen molar-refractivity contribution in [2.75, 3.05) is 13.1 Å². The number of amides is 3. The summed E-state index contributed by atoms with van der Waals surface area (Å²) in [5.74, 6) is -0.615. The number of rotatable bonds is 6. The molecule has 0 saturated carbocycles. The summed E-state index contributed by atoms with van der Waals surface area (Å²) in [5, 5.41) is 2.31. The van der Waals surface area contributed by atoms with Gasteiger partial charge in [-0.15, -0.1) is 0 Å². The van der Waals surface area contributed by atoms with E-state index in [-0.39, 0.29) is 24.3 Å². The quantitative estimate of drug-likeness (QED) is 0.699. The number of imide groups is 1. The van der Waals surface area contributed by atoms with Gasteiger partial charge in [-0.3, -0.25) is 19.7 Å². The molecule has 1 fully saturated rings. The second-order valence-electron chi connectivity index (χ2n) is 4.35. The average molecular weight is 240 g/mol. The second-order valence-corrected chi connectivity index (χ2v) is 4.35. The van der Waals surface area contributed by atoms with Crippen molar-refractivity contribution < 1.29 is 14.4 Å². The lowest BCUT2D eigenvalue weighted by Crippen LogP contribution is -2.40. The smallest absolute Gasteiger partial charge is 0.246 e. The van der Waals surface area contributed by atoms with Gasteiger partial charge in [0.25, 0.3) is 0 Å². The number of carbonyl (C=O) groups is 3. The molecule has 0 aliphatic carbocycles. The molecule has 1 saturated heterocycles. The van der Waals surface area contributed by atoms with Crippen LogP contribution in [0.25, 0.3) is 0 Å². The van der Waals surface area contributed by atoms with Crippen molar-refractivity contribution in [1.82, 2.24) is 10.2 Å². The Morgan fingerprint density at radius 3 is 2.65 bits per heavy atom. The van der Waals surface area contributed by atoms with E-state index >= 15 is 0 Å². The van der Waals surface area contributed by atoms with E-state index in [4.69, 9.17) is 0 Å². The number of hydrogen-bond acceptors (Lipinski definition) is 3. The summed E-state index contributed by atoms with van der Waals surface area (Å²) >= 11 is 0. The van der Waals surface area contributed by atoms with Crippen molar-refractivity contribution >= 4 is 17.7 Å². The van der Waals surface area contributed by atoms with Crippen LogP contribution in [-0.4, -0.2) is 35.7 Å². The maximum atomic E-state index is 11.5. The zero-order valence-electron chi connectivity index (χ0n) is 10.3. The average Bonchev–Trinajstić information content (AvgIpc) is 2.64. The Morgan fingerprint density at radius 1 is 1.29 bits per heavy atom. The molecule has 96 valence electrons. The van der Waals surface area contributed by atoms with E-state index in [1.165, 1.54) is 4.90 Å². The van der Waals surface area contributed by atoms with Gasteiger partial charge in [-0.2, -0.15) is 0 Å². The molecule has 0 radical (unpaired) electrons. The molecule has 0 aromatic rings. The van der Waals surface area contributed by atoms with Crippen LogP contribution in [0.15, 0.2) is 0 Å². The lowest BCUT2D eigenvalue weighted by molar-refractivity contribution is -0.136. The number of likely N-dealkylation sites (tertiary alicyclic amines) is 1. The van der Waals surface area contributed by atoms with E-state index in [1.54, 1.807) is 0 Å². The Balaban J connectivity index is 2.20. The van der Waals surface area contributed by atoms with Crippen LogP contribution < -0.4 is 5.32 Å². The maximum absolute atomic E-state index is 11.5. The third-order valence-electron chi connectivity index (χ3n) is 2.79. The normalized spacial score (nSPS) is 15.1. The lowest BCUT2D eigenvalue weighted by Gasteiger charge is -2.14. The van der Waals surface area contributed by atoms with Gasteiger partial charge >= 0.3 is 0 Å². The highest BCUT2D eigenvalue weighted by molar-refractivity contribution is 5.97. The molecule has 0 spiro atoms. The number of unbranched alkanes of at least 4 members (excludes halogenated alkanes) is 2. The van der Waals surface area contributed by atoms with Crippen molar-refractivity contribution in [3.8, 4) is 0 Å². The van der Waals surface area contributed by atoms with Crippen LogP contribution in [0.1, 0.15) is 45.4 Å². The van der Waals surface area contributed by atoms with Crippen LogP contribution >= 0.6 is 0 Å². The zero-order valence-corrected chi connectivity index (χ0v) is 10.3. The van der Waals surface area contributed by atoms with Crippen molar-refractivity contribution in [3.05, 3.63) is 0 Å². The Hall–Kier alpha value is -1.39. The van der Waals surface area contributed by atoms with E-state index in [0.29, 0.717) is 19.4 Å². The third kappa shape index (κ3) is 4.97. The molecule has 0 atom stereocenters. The van der Waals surface area contributed by atoms with Gasteiger partial charge in [0, 0.05) is 19.4 Å². The molecule has 1 aliphatic heterocycles. The zero-order chi connectivity index (χ0) is 12.7. The standard InChI is InChI=1S/C12H20N2O3/c1-2-3-4-6-10(15)13-11(16)9-14-8-5-7-12(14)17/h2-9H2,1H3,(H,13,15,16).